The molecule has 0 radical (unpaired) electrons. The second-order valence-corrected chi connectivity index (χ2v) is 3.86. The van der Waals surface area contributed by atoms with Gasteiger partial charge in [0.25, 0.3) is 0 Å². The number of esters is 1. The molecule has 0 fully saturated rings. The van der Waals surface area contributed by atoms with Gasteiger partial charge in [-0.3, -0.25) is 9.59 Å². The second kappa shape index (κ2) is 6.00. The van der Waals surface area contributed by atoms with Gasteiger partial charge in [0.1, 0.15) is 12.6 Å². The van der Waals surface area contributed by atoms with Crippen LogP contribution in [0, 0.1) is 0 Å². The third-order valence-electron chi connectivity index (χ3n) is 2.15. The number of primary amides is 1. The summed E-state index contributed by atoms with van der Waals surface area (Å²) in [4.78, 5) is 21.8. The van der Waals surface area contributed by atoms with Crippen LogP contribution in [-0.4, -0.2) is 17.9 Å². The topological polar surface area (TPSA) is 95.4 Å². The highest BCUT2D eigenvalue weighted by Crippen LogP contribution is 2.06. The number of hydrogen-bond donors (Lipinski definition) is 2. The van der Waals surface area contributed by atoms with Crippen LogP contribution in [0.3, 0.4) is 0 Å². The maximum atomic E-state index is 11.1. The van der Waals surface area contributed by atoms with Gasteiger partial charge in [-0.15, -0.1) is 0 Å². The number of benzene rings is 1. The monoisotopic (exact) mass is 236 g/mol. The lowest BCUT2D eigenvalue weighted by molar-refractivity contribution is -0.146. The molecule has 0 aromatic heterocycles. The third-order valence-corrected chi connectivity index (χ3v) is 2.15. The van der Waals surface area contributed by atoms with Crippen LogP contribution in [0.4, 0.5) is 0 Å². The molecule has 0 heterocycles. The zero-order valence-electron chi connectivity index (χ0n) is 9.68. The number of nitrogens with two attached hydrogens (primary N) is 2. The summed E-state index contributed by atoms with van der Waals surface area (Å²) >= 11 is 0. The average molecular weight is 236 g/mol. The molecule has 0 unspecified atom stereocenters. The van der Waals surface area contributed by atoms with Crippen molar-refractivity contribution in [3.8, 4) is 0 Å². The molecule has 4 N–H and O–H groups in total. The summed E-state index contributed by atoms with van der Waals surface area (Å²) in [6.07, 6.45) is 0.208. The van der Waals surface area contributed by atoms with Crippen LogP contribution in [0.1, 0.15) is 18.1 Å². The molecule has 5 heteroatoms. The highest BCUT2D eigenvalue weighted by atomic mass is 16.5. The molecule has 0 aliphatic heterocycles. The minimum atomic E-state index is -0.621. The van der Waals surface area contributed by atoms with Crippen molar-refractivity contribution in [1.29, 1.82) is 0 Å². The molecule has 0 aliphatic rings. The highest BCUT2D eigenvalue weighted by molar-refractivity contribution is 5.76. The van der Waals surface area contributed by atoms with E-state index in [9.17, 15) is 9.59 Å². The lowest BCUT2D eigenvalue weighted by Gasteiger charge is -2.07. The van der Waals surface area contributed by atoms with E-state index in [2.05, 4.69) is 0 Å². The van der Waals surface area contributed by atoms with Crippen molar-refractivity contribution in [2.75, 3.05) is 0 Å². The molecular formula is C12H16N2O3. The summed E-state index contributed by atoms with van der Waals surface area (Å²) in [5, 5.41) is 0. The lowest BCUT2D eigenvalue weighted by atomic mass is 10.1. The van der Waals surface area contributed by atoms with Gasteiger partial charge in [-0.25, -0.2) is 0 Å². The van der Waals surface area contributed by atoms with E-state index in [-0.39, 0.29) is 18.9 Å². The van der Waals surface area contributed by atoms with Crippen LogP contribution in [0.5, 0.6) is 0 Å². The Hall–Kier alpha value is -1.88. The number of ether oxygens (including phenoxy) is 1. The van der Waals surface area contributed by atoms with Crippen molar-refractivity contribution in [3.63, 3.8) is 0 Å². The fraction of sp³-hybridized carbons (Fsp3) is 0.333. The molecule has 0 spiro atoms. The predicted molar refractivity (Wildman–Crippen MR) is 62.8 cm³/mol. The van der Waals surface area contributed by atoms with Gasteiger partial charge in [0, 0.05) is 0 Å². The first kappa shape index (κ1) is 13.2. The fourth-order valence-corrected chi connectivity index (χ4v) is 1.24. The quantitative estimate of drug-likeness (QED) is 0.709. The van der Waals surface area contributed by atoms with E-state index in [1.165, 1.54) is 0 Å². The van der Waals surface area contributed by atoms with Crippen LogP contribution < -0.4 is 11.5 Å². The maximum Gasteiger partial charge on any atom is 0.322 e. The molecule has 5 nitrogen and oxygen atoms in total. The van der Waals surface area contributed by atoms with E-state index in [0.29, 0.717) is 0 Å². The molecule has 1 aromatic rings. The Morgan fingerprint density at radius 3 is 2.24 bits per heavy atom. The first-order chi connectivity index (χ1) is 7.99. The second-order valence-electron chi connectivity index (χ2n) is 3.86. The number of rotatable bonds is 5. The van der Waals surface area contributed by atoms with Crippen LogP contribution in [0.15, 0.2) is 24.3 Å². The van der Waals surface area contributed by atoms with Crippen LogP contribution in [0.2, 0.25) is 0 Å². The first-order valence-corrected chi connectivity index (χ1v) is 5.27. The van der Waals surface area contributed by atoms with Gasteiger partial charge < -0.3 is 16.2 Å². The van der Waals surface area contributed by atoms with Crippen LogP contribution in [-0.2, 0) is 27.4 Å². The summed E-state index contributed by atoms with van der Waals surface area (Å²) in [7, 11) is 0. The van der Waals surface area contributed by atoms with E-state index in [1.54, 1.807) is 31.2 Å². The number of carbonyl (C=O) groups is 2. The molecule has 1 rings (SSSR count). The molecule has 1 aromatic carbocycles. The SMILES string of the molecule is C[C@H](N)C(=O)OCc1ccc(CC(N)=O)cc1. The van der Waals surface area contributed by atoms with E-state index < -0.39 is 12.0 Å². The molecule has 92 valence electrons. The Kier molecular flexibility index (Phi) is 4.66. The van der Waals surface area contributed by atoms with Crippen molar-refractivity contribution >= 4 is 11.9 Å². The van der Waals surface area contributed by atoms with Gasteiger partial charge >= 0.3 is 5.97 Å². The van der Waals surface area contributed by atoms with Gasteiger partial charge in [0.05, 0.1) is 6.42 Å². The maximum absolute atomic E-state index is 11.1. The summed E-state index contributed by atoms with van der Waals surface area (Å²) in [6.45, 7) is 1.75. The molecule has 0 saturated carbocycles. The first-order valence-electron chi connectivity index (χ1n) is 5.27. The normalized spacial score (nSPS) is 11.9. The molecule has 0 bridgehead atoms. The smallest absolute Gasteiger partial charge is 0.322 e. The summed E-state index contributed by atoms with van der Waals surface area (Å²) in [5.74, 6) is -0.813. The largest absolute Gasteiger partial charge is 0.460 e. The van der Waals surface area contributed by atoms with Crippen molar-refractivity contribution in [2.45, 2.75) is 26.0 Å². The number of carbonyl (C=O) groups excluding carboxylic acids is 2. The summed E-state index contributed by atoms with van der Waals surface area (Å²) in [5.41, 5.74) is 12.1. The summed E-state index contributed by atoms with van der Waals surface area (Å²) in [6, 6.07) is 6.50. The van der Waals surface area contributed by atoms with Gasteiger partial charge in [0.15, 0.2) is 0 Å². The fourth-order valence-electron chi connectivity index (χ4n) is 1.24. The zero-order chi connectivity index (χ0) is 12.8. The number of hydrogen-bond acceptors (Lipinski definition) is 4. The average Bonchev–Trinajstić information content (AvgIpc) is 2.26. The summed E-state index contributed by atoms with van der Waals surface area (Å²) < 4.78 is 4.95. The van der Waals surface area contributed by atoms with Crippen molar-refractivity contribution in [1.82, 2.24) is 0 Å². The van der Waals surface area contributed by atoms with Gasteiger partial charge in [-0.2, -0.15) is 0 Å². The minimum Gasteiger partial charge on any atom is -0.460 e. The minimum absolute atomic E-state index is 0.178. The third kappa shape index (κ3) is 4.65. The molecule has 1 atom stereocenters. The molecule has 0 saturated heterocycles. The molecular weight excluding hydrogens is 220 g/mol. The van der Waals surface area contributed by atoms with Crippen LogP contribution in [0.25, 0.3) is 0 Å². The Bertz CT molecular complexity index is 399. The van der Waals surface area contributed by atoms with Gasteiger partial charge in [-0.1, -0.05) is 24.3 Å². The lowest BCUT2D eigenvalue weighted by Crippen LogP contribution is -2.28. The van der Waals surface area contributed by atoms with Gasteiger partial charge in [-0.05, 0) is 18.1 Å². The van der Waals surface area contributed by atoms with Crippen molar-refractivity contribution in [3.05, 3.63) is 35.4 Å². The van der Waals surface area contributed by atoms with Gasteiger partial charge in [0.2, 0.25) is 5.91 Å². The van der Waals surface area contributed by atoms with E-state index in [4.69, 9.17) is 16.2 Å². The van der Waals surface area contributed by atoms with E-state index in [1.807, 2.05) is 0 Å². The number of amides is 1. The zero-order valence-corrected chi connectivity index (χ0v) is 9.68. The van der Waals surface area contributed by atoms with Crippen molar-refractivity contribution in [2.24, 2.45) is 11.5 Å². The Morgan fingerprint density at radius 1 is 1.24 bits per heavy atom. The molecule has 0 aliphatic carbocycles. The van der Waals surface area contributed by atoms with E-state index >= 15 is 0 Å². The Labute approximate surface area is 99.7 Å². The van der Waals surface area contributed by atoms with E-state index in [0.717, 1.165) is 11.1 Å². The van der Waals surface area contributed by atoms with Crippen LogP contribution >= 0.6 is 0 Å². The Morgan fingerprint density at radius 2 is 1.76 bits per heavy atom. The standard InChI is InChI=1S/C12H16N2O3/c1-8(13)12(16)17-7-10-4-2-9(3-5-10)6-11(14)15/h2-5,8H,6-7,13H2,1H3,(H2,14,15)/t8-/m0/s1. The Balaban J connectivity index is 2.51. The highest BCUT2D eigenvalue weighted by Gasteiger charge is 2.08. The predicted octanol–water partition coefficient (Wildman–Crippen LogP) is 0.105. The molecule has 17 heavy (non-hydrogen) atoms. The molecule has 1 amide bonds. The van der Waals surface area contributed by atoms with Crippen molar-refractivity contribution < 1.29 is 14.3 Å².